The number of pyridine rings is 1. The van der Waals surface area contributed by atoms with Crippen LogP contribution in [-0.2, 0) is 0 Å². The van der Waals surface area contributed by atoms with Crippen LogP contribution in [0.4, 0.5) is 0 Å². The molecule has 8 nitrogen and oxygen atoms in total. The number of amides is 1. The largest absolute Gasteiger partial charge is 0.467 e. The molecule has 3 aromatic rings. The number of rotatable bonds is 6. The first kappa shape index (κ1) is 14.9. The van der Waals surface area contributed by atoms with E-state index in [9.17, 15) is 9.90 Å². The van der Waals surface area contributed by atoms with Gasteiger partial charge in [-0.2, -0.15) is 0 Å². The van der Waals surface area contributed by atoms with E-state index in [0.717, 1.165) is 0 Å². The Morgan fingerprint density at radius 3 is 2.78 bits per heavy atom. The molecule has 0 radical (unpaired) electrons. The van der Waals surface area contributed by atoms with Crippen LogP contribution in [0.15, 0.2) is 53.8 Å². The molecule has 3 rings (SSSR count). The third kappa shape index (κ3) is 3.61. The van der Waals surface area contributed by atoms with E-state index in [1.54, 1.807) is 28.8 Å². The lowest BCUT2D eigenvalue weighted by atomic mass is 10.2. The molecule has 0 aliphatic carbocycles. The van der Waals surface area contributed by atoms with Gasteiger partial charge in [0.2, 0.25) is 0 Å². The summed E-state index contributed by atoms with van der Waals surface area (Å²) in [4.78, 5) is 16.2. The van der Waals surface area contributed by atoms with Gasteiger partial charge >= 0.3 is 0 Å². The van der Waals surface area contributed by atoms with Gasteiger partial charge < -0.3 is 14.8 Å². The summed E-state index contributed by atoms with van der Waals surface area (Å²) in [6.07, 6.45) is 5.66. The molecule has 1 unspecified atom stereocenters. The van der Waals surface area contributed by atoms with E-state index in [1.165, 1.54) is 25.1 Å². The van der Waals surface area contributed by atoms with Crippen molar-refractivity contribution in [3.63, 3.8) is 0 Å². The highest BCUT2D eigenvalue weighted by atomic mass is 16.4. The lowest BCUT2D eigenvalue weighted by Crippen LogP contribution is -2.25. The van der Waals surface area contributed by atoms with Gasteiger partial charge in [0.05, 0.1) is 11.8 Å². The summed E-state index contributed by atoms with van der Waals surface area (Å²) in [5.41, 5.74) is 0.439. The van der Waals surface area contributed by atoms with Crippen molar-refractivity contribution in [1.82, 2.24) is 25.1 Å². The Morgan fingerprint density at radius 2 is 2.13 bits per heavy atom. The number of hydrogen-bond acceptors (Lipinski definition) is 6. The van der Waals surface area contributed by atoms with Crippen LogP contribution in [-0.4, -0.2) is 37.3 Å². The van der Waals surface area contributed by atoms with Crippen LogP contribution in [0.3, 0.4) is 0 Å². The van der Waals surface area contributed by atoms with E-state index in [4.69, 9.17) is 4.42 Å². The molecule has 0 aliphatic rings. The molecule has 0 fully saturated rings. The van der Waals surface area contributed by atoms with E-state index in [-0.39, 0.29) is 5.91 Å². The maximum absolute atomic E-state index is 12.0. The minimum absolute atomic E-state index is 0.251. The van der Waals surface area contributed by atoms with Crippen LogP contribution in [0.2, 0.25) is 0 Å². The van der Waals surface area contributed by atoms with E-state index < -0.39 is 6.10 Å². The number of aliphatic hydroxyl groups is 1. The smallest absolute Gasteiger partial charge is 0.252 e. The maximum Gasteiger partial charge on any atom is 0.252 e. The standard InChI is InChI=1S/C15H15N5O3/c21-12(13-2-1-7-23-13)5-6-16-15(22)11-3-4-14(17-8-11)20-9-18-19-10-20/h1-4,7-10,12,21H,5-6H2,(H,16,22). The van der Waals surface area contributed by atoms with Crippen molar-refractivity contribution < 1.29 is 14.3 Å². The molecule has 2 N–H and O–H groups in total. The average molecular weight is 313 g/mol. The Morgan fingerprint density at radius 1 is 1.30 bits per heavy atom. The van der Waals surface area contributed by atoms with Gasteiger partial charge in [-0.3, -0.25) is 9.36 Å². The minimum Gasteiger partial charge on any atom is -0.467 e. The summed E-state index contributed by atoms with van der Waals surface area (Å²) in [6, 6.07) is 6.77. The first-order valence-electron chi connectivity index (χ1n) is 7.05. The van der Waals surface area contributed by atoms with Gasteiger partial charge in [0, 0.05) is 12.7 Å². The summed E-state index contributed by atoms with van der Waals surface area (Å²) >= 11 is 0. The number of carbonyl (C=O) groups is 1. The van der Waals surface area contributed by atoms with Gasteiger partial charge in [0.25, 0.3) is 5.91 Å². The second-order valence-corrected chi connectivity index (χ2v) is 4.85. The molecule has 0 aliphatic heterocycles. The Labute approximate surface area is 131 Å². The highest BCUT2D eigenvalue weighted by Gasteiger charge is 2.11. The van der Waals surface area contributed by atoms with Crippen molar-refractivity contribution in [2.45, 2.75) is 12.5 Å². The summed E-state index contributed by atoms with van der Waals surface area (Å²) in [7, 11) is 0. The molecule has 8 heteroatoms. The fraction of sp³-hybridized carbons (Fsp3) is 0.200. The van der Waals surface area contributed by atoms with Crippen LogP contribution in [0.5, 0.6) is 0 Å². The average Bonchev–Trinajstić information content (AvgIpc) is 3.28. The van der Waals surface area contributed by atoms with Crippen LogP contribution < -0.4 is 5.32 Å². The second-order valence-electron chi connectivity index (χ2n) is 4.85. The van der Waals surface area contributed by atoms with Gasteiger partial charge in [0.1, 0.15) is 30.3 Å². The van der Waals surface area contributed by atoms with Gasteiger partial charge in [-0.15, -0.1) is 10.2 Å². The van der Waals surface area contributed by atoms with Crippen molar-refractivity contribution in [1.29, 1.82) is 0 Å². The lowest BCUT2D eigenvalue weighted by molar-refractivity contribution is 0.0935. The summed E-state index contributed by atoms with van der Waals surface area (Å²) in [5.74, 6) is 0.860. The maximum atomic E-state index is 12.0. The lowest BCUT2D eigenvalue weighted by Gasteiger charge is -2.09. The molecule has 1 atom stereocenters. The predicted molar refractivity (Wildman–Crippen MR) is 79.8 cm³/mol. The Kier molecular flexibility index (Phi) is 4.44. The van der Waals surface area contributed by atoms with Crippen molar-refractivity contribution in [3.8, 4) is 5.82 Å². The third-order valence-corrected chi connectivity index (χ3v) is 3.27. The summed E-state index contributed by atoms with van der Waals surface area (Å²) < 4.78 is 6.74. The zero-order chi connectivity index (χ0) is 16.1. The van der Waals surface area contributed by atoms with E-state index >= 15 is 0 Å². The van der Waals surface area contributed by atoms with Crippen LogP contribution in [0.25, 0.3) is 5.82 Å². The topological polar surface area (TPSA) is 106 Å². The van der Waals surface area contributed by atoms with Crippen molar-refractivity contribution in [2.75, 3.05) is 6.54 Å². The number of aliphatic hydroxyl groups excluding tert-OH is 1. The van der Waals surface area contributed by atoms with Crippen LogP contribution in [0, 0.1) is 0 Å². The number of nitrogens with one attached hydrogen (secondary N) is 1. The number of nitrogens with zero attached hydrogens (tertiary/aromatic N) is 4. The van der Waals surface area contributed by atoms with Crippen LogP contribution in [0.1, 0.15) is 28.6 Å². The molecule has 0 spiro atoms. The fourth-order valence-corrected chi connectivity index (χ4v) is 2.04. The number of hydrogen-bond donors (Lipinski definition) is 2. The highest BCUT2D eigenvalue weighted by Crippen LogP contribution is 2.15. The van der Waals surface area contributed by atoms with Gasteiger partial charge in [-0.05, 0) is 30.7 Å². The van der Waals surface area contributed by atoms with Gasteiger partial charge in [0.15, 0.2) is 0 Å². The fourth-order valence-electron chi connectivity index (χ4n) is 2.04. The number of furan rings is 1. The highest BCUT2D eigenvalue weighted by molar-refractivity contribution is 5.93. The first-order chi connectivity index (χ1) is 11.2. The van der Waals surface area contributed by atoms with E-state index in [1.807, 2.05) is 0 Å². The molecule has 1 amide bonds. The Hall–Kier alpha value is -3.00. The molecular weight excluding hydrogens is 298 g/mol. The molecular formula is C15H15N5O3. The third-order valence-electron chi connectivity index (χ3n) is 3.27. The second kappa shape index (κ2) is 6.84. The van der Waals surface area contributed by atoms with Crippen molar-refractivity contribution in [2.24, 2.45) is 0 Å². The zero-order valence-corrected chi connectivity index (χ0v) is 12.2. The van der Waals surface area contributed by atoms with Gasteiger partial charge in [-0.1, -0.05) is 0 Å². The molecule has 0 saturated carbocycles. The molecule has 0 bridgehead atoms. The zero-order valence-electron chi connectivity index (χ0n) is 12.2. The predicted octanol–water partition coefficient (Wildman–Crippen LogP) is 1.11. The van der Waals surface area contributed by atoms with E-state index in [2.05, 4.69) is 20.5 Å². The van der Waals surface area contributed by atoms with Crippen LogP contribution >= 0.6 is 0 Å². The first-order valence-corrected chi connectivity index (χ1v) is 7.05. The molecule has 3 heterocycles. The Balaban J connectivity index is 1.52. The number of aromatic nitrogens is 4. The molecule has 23 heavy (non-hydrogen) atoms. The Bertz CT molecular complexity index is 738. The van der Waals surface area contributed by atoms with Gasteiger partial charge in [-0.25, -0.2) is 4.98 Å². The minimum atomic E-state index is -0.737. The summed E-state index contributed by atoms with van der Waals surface area (Å²) in [6.45, 7) is 0.327. The normalized spacial score (nSPS) is 12.0. The molecule has 3 aromatic heterocycles. The summed E-state index contributed by atoms with van der Waals surface area (Å²) in [5, 5.41) is 20.0. The molecule has 0 saturated heterocycles. The SMILES string of the molecule is O=C(NCCC(O)c1ccco1)c1ccc(-n2cnnc2)nc1. The molecule has 0 aromatic carbocycles. The monoisotopic (exact) mass is 313 g/mol. The van der Waals surface area contributed by atoms with Crippen molar-refractivity contribution in [3.05, 3.63) is 60.7 Å². The number of carbonyl (C=O) groups excluding carboxylic acids is 1. The van der Waals surface area contributed by atoms with E-state index in [0.29, 0.717) is 30.1 Å². The quantitative estimate of drug-likeness (QED) is 0.706. The van der Waals surface area contributed by atoms with Crippen molar-refractivity contribution >= 4 is 5.91 Å². The molecule has 118 valence electrons.